The minimum Gasteiger partial charge on any atom is -0.382 e. The third-order valence-corrected chi connectivity index (χ3v) is 5.17. The normalized spacial score (nSPS) is 16.9. The van der Waals surface area contributed by atoms with Crippen LogP contribution in [0.2, 0.25) is 0 Å². The van der Waals surface area contributed by atoms with Crippen LogP contribution in [0.3, 0.4) is 0 Å². The highest BCUT2D eigenvalue weighted by atomic mass is 32.1. The SMILES string of the molecule is CC(C)C(C)N(C)C(=O)c1sc(NC2CCC2)nc1N. The molecule has 0 saturated heterocycles. The van der Waals surface area contributed by atoms with Crippen LogP contribution in [0.15, 0.2) is 0 Å². The van der Waals surface area contributed by atoms with E-state index in [9.17, 15) is 4.79 Å². The lowest BCUT2D eigenvalue weighted by molar-refractivity contribution is 0.0713. The van der Waals surface area contributed by atoms with Gasteiger partial charge in [-0.25, -0.2) is 4.98 Å². The van der Waals surface area contributed by atoms with E-state index in [1.165, 1.54) is 30.6 Å². The number of nitrogens with two attached hydrogens (primary N) is 1. The molecule has 1 aliphatic rings. The summed E-state index contributed by atoms with van der Waals surface area (Å²) in [5, 5.41) is 4.11. The van der Waals surface area contributed by atoms with Crippen molar-refractivity contribution >= 4 is 28.2 Å². The lowest BCUT2D eigenvalue weighted by Crippen LogP contribution is -2.38. The summed E-state index contributed by atoms with van der Waals surface area (Å²) in [6.07, 6.45) is 3.61. The van der Waals surface area contributed by atoms with E-state index in [2.05, 4.69) is 24.1 Å². The van der Waals surface area contributed by atoms with Crippen LogP contribution in [0.1, 0.15) is 49.7 Å². The van der Waals surface area contributed by atoms with E-state index in [1.54, 1.807) is 4.90 Å². The molecule has 20 heavy (non-hydrogen) atoms. The number of anilines is 2. The van der Waals surface area contributed by atoms with E-state index in [1.807, 2.05) is 14.0 Å². The molecule has 6 heteroatoms. The quantitative estimate of drug-likeness (QED) is 0.876. The lowest BCUT2D eigenvalue weighted by atomic mass is 9.93. The third kappa shape index (κ3) is 3.06. The van der Waals surface area contributed by atoms with E-state index in [4.69, 9.17) is 5.73 Å². The fraction of sp³-hybridized carbons (Fsp3) is 0.714. The molecule has 0 aliphatic heterocycles. The summed E-state index contributed by atoms with van der Waals surface area (Å²) in [6.45, 7) is 6.26. The van der Waals surface area contributed by atoms with Gasteiger partial charge in [0.2, 0.25) is 0 Å². The summed E-state index contributed by atoms with van der Waals surface area (Å²) >= 11 is 1.36. The van der Waals surface area contributed by atoms with Gasteiger partial charge < -0.3 is 16.0 Å². The molecule has 1 fully saturated rings. The molecule has 1 heterocycles. The zero-order chi connectivity index (χ0) is 14.9. The molecule has 1 aliphatic carbocycles. The van der Waals surface area contributed by atoms with E-state index in [-0.39, 0.29) is 11.9 Å². The van der Waals surface area contributed by atoms with Crippen LogP contribution < -0.4 is 11.1 Å². The maximum absolute atomic E-state index is 12.5. The highest BCUT2D eigenvalue weighted by Gasteiger charge is 2.25. The lowest BCUT2D eigenvalue weighted by Gasteiger charge is -2.27. The van der Waals surface area contributed by atoms with Gasteiger partial charge in [0.15, 0.2) is 5.13 Å². The van der Waals surface area contributed by atoms with Crippen molar-refractivity contribution in [1.82, 2.24) is 9.88 Å². The van der Waals surface area contributed by atoms with Crippen LogP contribution in [0.4, 0.5) is 10.9 Å². The van der Waals surface area contributed by atoms with Gasteiger partial charge >= 0.3 is 0 Å². The number of hydrogen-bond donors (Lipinski definition) is 2. The van der Waals surface area contributed by atoms with Crippen LogP contribution in [0.5, 0.6) is 0 Å². The van der Waals surface area contributed by atoms with E-state index < -0.39 is 0 Å². The van der Waals surface area contributed by atoms with Crippen molar-refractivity contribution in [2.24, 2.45) is 5.92 Å². The number of amides is 1. The Bertz CT molecular complexity index is 482. The van der Waals surface area contributed by atoms with Gasteiger partial charge in [0.05, 0.1) is 0 Å². The number of rotatable bonds is 5. The topological polar surface area (TPSA) is 71.2 Å². The first kappa shape index (κ1) is 15.1. The Morgan fingerprint density at radius 2 is 2.10 bits per heavy atom. The fourth-order valence-corrected chi connectivity index (χ4v) is 3.01. The van der Waals surface area contributed by atoms with Crippen LogP contribution in [-0.4, -0.2) is 34.9 Å². The van der Waals surface area contributed by atoms with Crippen molar-refractivity contribution in [1.29, 1.82) is 0 Å². The zero-order valence-electron chi connectivity index (χ0n) is 12.6. The monoisotopic (exact) mass is 296 g/mol. The van der Waals surface area contributed by atoms with Gasteiger partial charge in [-0.2, -0.15) is 0 Å². The number of carbonyl (C=O) groups is 1. The summed E-state index contributed by atoms with van der Waals surface area (Å²) in [5.74, 6) is 0.707. The molecular formula is C14H24N4OS. The Balaban J connectivity index is 2.09. The molecule has 1 saturated carbocycles. The van der Waals surface area contributed by atoms with Crippen molar-refractivity contribution in [2.75, 3.05) is 18.1 Å². The van der Waals surface area contributed by atoms with Gasteiger partial charge in [0.25, 0.3) is 5.91 Å². The Kier molecular flexibility index (Phi) is 4.52. The summed E-state index contributed by atoms with van der Waals surface area (Å²) < 4.78 is 0. The number of nitrogens with zero attached hydrogens (tertiary/aromatic N) is 2. The molecule has 0 bridgehead atoms. The Labute approximate surface area is 124 Å². The minimum absolute atomic E-state index is 0.0390. The highest BCUT2D eigenvalue weighted by molar-refractivity contribution is 7.18. The van der Waals surface area contributed by atoms with Crippen LogP contribution in [0.25, 0.3) is 0 Å². The van der Waals surface area contributed by atoms with E-state index in [0.29, 0.717) is 22.7 Å². The average Bonchev–Trinajstić information content (AvgIpc) is 2.72. The summed E-state index contributed by atoms with van der Waals surface area (Å²) in [4.78, 5) is 19.1. The number of carbonyl (C=O) groups excluding carboxylic acids is 1. The van der Waals surface area contributed by atoms with Crippen LogP contribution >= 0.6 is 11.3 Å². The van der Waals surface area contributed by atoms with Gasteiger partial charge in [0.1, 0.15) is 10.7 Å². The highest BCUT2D eigenvalue weighted by Crippen LogP contribution is 2.30. The Morgan fingerprint density at radius 3 is 2.60 bits per heavy atom. The van der Waals surface area contributed by atoms with Crippen LogP contribution in [-0.2, 0) is 0 Å². The largest absolute Gasteiger partial charge is 0.382 e. The second-order valence-corrected chi connectivity index (χ2v) is 6.91. The summed E-state index contributed by atoms with van der Waals surface area (Å²) in [5.41, 5.74) is 5.90. The van der Waals surface area contributed by atoms with Gasteiger partial charge in [-0.05, 0) is 32.1 Å². The Morgan fingerprint density at radius 1 is 1.45 bits per heavy atom. The molecule has 1 atom stereocenters. The predicted molar refractivity (Wildman–Crippen MR) is 84.2 cm³/mol. The van der Waals surface area contributed by atoms with E-state index >= 15 is 0 Å². The second kappa shape index (κ2) is 5.99. The third-order valence-electron chi connectivity index (χ3n) is 4.18. The summed E-state index contributed by atoms with van der Waals surface area (Å²) in [6, 6.07) is 0.669. The van der Waals surface area contributed by atoms with Gasteiger partial charge in [-0.15, -0.1) is 0 Å². The number of nitrogen functional groups attached to an aromatic ring is 1. The maximum atomic E-state index is 12.5. The molecule has 1 aromatic rings. The molecule has 0 radical (unpaired) electrons. The number of aromatic nitrogens is 1. The maximum Gasteiger partial charge on any atom is 0.267 e. The molecule has 3 N–H and O–H groups in total. The average molecular weight is 296 g/mol. The van der Waals surface area contributed by atoms with Gasteiger partial charge in [-0.3, -0.25) is 4.79 Å². The van der Waals surface area contributed by atoms with Crippen molar-refractivity contribution in [3.8, 4) is 0 Å². The first-order valence-corrected chi connectivity index (χ1v) is 8.01. The zero-order valence-corrected chi connectivity index (χ0v) is 13.5. The standard InChI is InChI=1S/C14H24N4OS/c1-8(2)9(3)18(4)13(19)11-12(15)17-14(20-11)16-10-6-5-7-10/h8-10H,5-7,15H2,1-4H3,(H,16,17). The van der Waals surface area contributed by atoms with Gasteiger partial charge in [-0.1, -0.05) is 25.2 Å². The van der Waals surface area contributed by atoms with E-state index in [0.717, 1.165) is 5.13 Å². The molecule has 1 amide bonds. The Hall–Kier alpha value is -1.30. The molecule has 5 nitrogen and oxygen atoms in total. The number of thiazole rings is 1. The van der Waals surface area contributed by atoms with Crippen molar-refractivity contribution in [3.05, 3.63) is 4.88 Å². The van der Waals surface area contributed by atoms with Crippen molar-refractivity contribution in [3.63, 3.8) is 0 Å². The first-order chi connectivity index (χ1) is 9.40. The van der Waals surface area contributed by atoms with Gasteiger partial charge in [0, 0.05) is 19.1 Å². The molecular weight excluding hydrogens is 272 g/mol. The molecule has 1 unspecified atom stereocenters. The van der Waals surface area contributed by atoms with Crippen molar-refractivity contribution in [2.45, 2.75) is 52.1 Å². The number of nitrogens with one attached hydrogen (secondary N) is 1. The van der Waals surface area contributed by atoms with Crippen molar-refractivity contribution < 1.29 is 4.79 Å². The molecule has 112 valence electrons. The first-order valence-electron chi connectivity index (χ1n) is 7.20. The molecule has 1 aromatic heterocycles. The van der Waals surface area contributed by atoms with Crippen LogP contribution in [0, 0.1) is 5.92 Å². The minimum atomic E-state index is -0.0390. The summed E-state index contributed by atoms with van der Waals surface area (Å²) in [7, 11) is 1.82. The predicted octanol–water partition coefficient (Wildman–Crippen LogP) is 2.81. The molecule has 0 aromatic carbocycles. The molecule has 2 rings (SSSR count). The number of hydrogen-bond acceptors (Lipinski definition) is 5. The smallest absolute Gasteiger partial charge is 0.267 e. The molecule has 0 spiro atoms. The second-order valence-electron chi connectivity index (χ2n) is 5.91. The fourth-order valence-electron chi connectivity index (χ4n) is 2.07.